The quantitative estimate of drug-likeness (QED) is 0.785. The molecule has 6 nitrogen and oxygen atoms in total. The number of aryl methyl sites for hydroxylation is 3. The predicted octanol–water partition coefficient (Wildman–Crippen LogP) is 2.93. The van der Waals surface area contributed by atoms with Crippen molar-refractivity contribution in [1.29, 1.82) is 0 Å². The SMILES string of the molecule is Cc1cc(NCC(C)Oc2cccnc2)n2nc(C)c(C)c2n1. The zero-order valence-electron chi connectivity index (χ0n) is 13.9. The maximum Gasteiger partial charge on any atom is 0.160 e. The van der Waals surface area contributed by atoms with Gasteiger partial charge in [-0.25, -0.2) is 4.98 Å². The summed E-state index contributed by atoms with van der Waals surface area (Å²) in [6.07, 6.45) is 3.45. The van der Waals surface area contributed by atoms with E-state index in [0.717, 1.165) is 34.2 Å². The van der Waals surface area contributed by atoms with Crippen molar-refractivity contribution >= 4 is 11.5 Å². The van der Waals surface area contributed by atoms with Crippen molar-refractivity contribution < 1.29 is 4.74 Å². The minimum absolute atomic E-state index is 0.000442. The van der Waals surface area contributed by atoms with Gasteiger partial charge in [0.1, 0.15) is 17.7 Å². The number of fused-ring (bicyclic) bond motifs is 1. The summed E-state index contributed by atoms with van der Waals surface area (Å²) in [5, 5.41) is 7.96. The Hall–Kier alpha value is -2.63. The number of ether oxygens (including phenoxy) is 1. The van der Waals surface area contributed by atoms with Gasteiger partial charge in [-0.1, -0.05) is 0 Å². The second-order valence-corrected chi connectivity index (χ2v) is 5.73. The van der Waals surface area contributed by atoms with Crippen LogP contribution in [-0.2, 0) is 0 Å². The molecule has 0 saturated heterocycles. The molecule has 0 aliphatic rings. The van der Waals surface area contributed by atoms with Gasteiger partial charge in [0.15, 0.2) is 5.65 Å². The van der Waals surface area contributed by atoms with E-state index < -0.39 is 0 Å². The monoisotopic (exact) mass is 311 g/mol. The highest BCUT2D eigenvalue weighted by atomic mass is 16.5. The molecule has 0 radical (unpaired) electrons. The van der Waals surface area contributed by atoms with Crippen LogP contribution in [0.15, 0.2) is 30.6 Å². The molecule has 0 aromatic carbocycles. The Morgan fingerprint density at radius 2 is 2.13 bits per heavy atom. The molecule has 3 rings (SSSR count). The Kier molecular flexibility index (Phi) is 4.14. The third kappa shape index (κ3) is 3.26. The van der Waals surface area contributed by atoms with Crippen LogP contribution in [0.1, 0.15) is 23.9 Å². The van der Waals surface area contributed by atoms with Gasteiger partial charge in [0.05, 0.1) is 18.4 Å². The summed E-state index contributed by atoms with van der Waals surface area (Å²) in [5.41, 5.74) is 3.96. The number of aromatic nitrogens is 4. The average molecular weight is 311 g/mol. The molecule has 1 N–H and O–H groups in total. The van der Waals surface area contributed by atoms with Crippen molar-refractivity contribution in [2.45, 2.75) is 33.8 Å². The van der Waals surface area contributed by atoms with Crippen LogP contribution in [0.5, 0.6) is 5.75 Å². The van der Waals surface area contributed by atoms with Crippen molar-refractivity contribution in [2.24, 2.45) is 0 Å². The molecule has 6 heteroatoms. The lowest BCUT2D eigenvalue weighted by Gasteiger charge is -2.16. The lowest BCUT2D eigenvalue weighted by Crippen LogP contribution is -2.24. The summed E-state index contributed by atoms with van der Waals surface area (Å²) in [5.74, 6) is 1.69. The molecular formula is C17H21N5O. The molecule has 23 heavy (non-hydrogen) atoms. The summed E-state index contributed by atoms with van der Waals surface area (Å²) in [4.78, 5) is 8.63. The molecule has 1 atom stereocenters. The van der Waals surface area contributed by atoms with Crippen LogP contribution < -0.4 is 10.1 Å². The van der Waals surface area contributed by atoms with E-state index in [9.17, 15) is 0 Å². The molecule has 0 fully saturated rings. The Labute approximate surface area is 135 Å². The molecule has 1 unspecified atom stereocenters. The third-order valence-electron chi connectivity index (χ3n) is 3.73. The fraction of sp³-hybridized carbons (Fsp3) is 0.353. The van der Waals surface area contributed by atoms with E-state index in [1.807, 2.05) is 50.4 Å². The van der Waals surface area contributed by atoms with Gasteiger partial charge in [-0.15, -0.1) is 0 Å². The molecule has 3 heterocycles. The number of hydrogen-bond donors (Lipinski definition) is 1. The van der Waals surface area contributed by atoms with Gasteiger partial charge in [0.25, 0.3) is 0 Å². The highest BCUT2D eigenvalue weighted by Gasteiger charge is 2.12. The topological polar surface area (TPSA) is 64.3 Å². The van der Waals surface area contributed by atoms with E-state index in [1.165, 1.54) is 0 Å². The molecule has 0 bridgehead atoms. The van der Waals surface area contributed by atoms with Gasteiger partial charge >= 0.3 is 0 Å². The molecule has 0 saturated carbocycles. The van der Waals surface area contributed by atoms with Gasteiger partial charge in [-0.05, 0) is 39.8 Å². The smallest absolute Gasteiger partial charge is 0.160 e. The largest absolute Gasteiger partial charge is 0.487 e. The fourth-order valence-corrected chi connectivity index (χ4v) is 2.42. The minimum Gasteiger partial charge on any atom is -0.487 e. The third-order valence-corrected chi connectivity index (χ3v) is 3.73. The van der Waals surface area contributed by atoms with Crippen LogP contribution in [0.2, 0.25) is 0 Å². The number of rotatable bonds is 5. The standard InChI is InChI=1S/C17H21N5O/c1-11-8-16(22-17(20-11)13(3)14(4)21-22)19-9-12(2)23-15-6-5-7-18-10-15/h5-8,10,12,19H,9H2,1-4H3. The van der Waals surface area contributed by atoms with E-state index in [4.69, 9.17) is 4.74 Å². The normalized spacial score (nSPS) is 12.3. The van der Waals surface area contributed by atoms with Crippen LogP contribution in [0.25, 0.3) is 5.65 Å². The van der Waals surface area contributed by atoms with E-state index in [2.05, 4.69) is 20.4 Å². The lowest BCUT2D eigenvalue weighted by molar-refractivity contribution is 0.233. The minimum atomic E-state index is 0.000442. The Bertz CT molecular complexity index is 813. The van der Waals surface area contributed by atoms with Crippen LogP contribution >= 0.6 is 0 Å². The Morgan fingerprint density at radius 1 is 1.30 bits per heavy atom. The highest BCUT2D eigenvalue weighted by molar-refractivity contribution is 5.55. The van der Waals surface area contributed by atoms with E-state index in [-0.39, 0.29) is 6.10 Å². The summed E-state index contributed by atoms with van der Waals surface area (Å²) < 4.78 is 7.69. The summed E-state index contributed by atoms with van der Waals surface area (Å²) in [7, 11) is 0. The van der Waals surface area contributed by atoms with Crippen molar-refractivity contribution in [3.63, 3.8) is 0 Å². The van der Waals surface area contributed by atoms with Crippen LogP contribution in [0.4, 0.5) is 5.82 Å². The number of anilines is 1. The lowest BCUT2D eigenvalue weighted by atomic mass is 10.3. The number of pyridine rings is 1. The first-order valence-corrected chi connectivity index (χ1v) is 7.68. The summed E-state index contributed by atoms with van der Waals surface area (Å²) in [6, 6.07) is 5.76. The van der Waals surface area contributed by atoms with Crippen molar-refractivity contribution in [1.82, 2.24) is 19.6 Å². The number of nitrogens with one attached hydrogen (secondary N) is 1. The molecule has 120 valence electrons. The maximum atomic E-state index is 5.84. The maximum absolute atomic E-state index is 5.84. The molecule has 3 aromatic rings. The zero-order valence-corrected chi connectivity index (χ0v) is 13.9. The van der Waals surface area contributed by atoms with Crippen molar-refractivity contribution in [3.8, 4) is 5.75 Å². The predicted molar refractivity (Wildman–Crippen MR) is 90.0 cm³/mol. The van der Waals surface area contributed by atoms with Crippen molar-refractivity contribution in [3.05, 3.63) is 47.5 Å². The average Bonchev–Trinajstić information content (AvgIpc) is 2.82. The second-order valence-electron chi connectivity index (χ2n) is 5.73. The first kappa shape index (κ1) is 15.3. The molecular weight excluding hydrogens is 290 g/mol. The zero-order chi connectivity index (χ0) is 16.4. The number of nitrogens with zero attached hydrogens (tertiary/aromatic N) is 4. The van der Waals surface area contributed by atoms with Crippen LogP contribution in [0, 0.1) is 20.8 Å². The first-order valence-electron chi connectivity index (χ1n) is 7.68. The summed E-state index contributed by atoms with van der Waals surface area (Å²) in [6.45, 7) is 8.71. The van der Waals surface area contributed by atoms with Gasteiger partial charge < -0.3 is 10.1 Å². The Balaban J connectivity index is 1.75. The molecule has 0 aliphatic heterocycles. The molecule has 0 amide bonds. The van der Waals surface area contributed by atoms with Gasteiger partial charge in [0, 0.05) is 23.5 Å². The van der Waals surface area contributed by atoms with Crippen LogP contribution in [-0.4, -0.2) is 32.2 Å². The van der Waals surface area contributed by atoms with Gasteiger partial charge in [-0.3, -0.25) is 4.98 Å². The van der Waals surface area contributed by atoms with Crippen molar-refractivity contribution in [2.75, 3.05) is 11.9 Å². The molecule has 3 aromatic heterocycles. The molecule has 0 aliphatic carbocycles. The first-order chi connectivity index (χ1) is 11.0. The Morgan fingerprint density at radius 3 is 2.87 bits per heavy atom. The highest BCUT2D eigenvalue weighted by Crippen LogP contribution is 2.18. The van der Waals surface area contributed by atoms with E-state index >= 15 is 0 Å². The van der Waals surface area contributed by atoms with Gasteiger partial charge in [0.2, 0.25) is 0 Å². The van der Waals surface area contributed by atoms with E-state index in [0.29, 0.717) is 6.54 Å². The number of hydrogen-bond acceptors (Lipinski definition) is 5. The van der Waals surface area contributed by atoms with Gasteiger partial charge in [-0.2, -0.15) is 9.61 Å². The van der Waals surface area contributed by atoms with Crippen LogP contribution in [0.3, 0.4) is 0 Å². The second kappa shape index (κ2) is 6.24. The fourth-order valence-electron chi connectivity index (χ4n) is 2.42. The molecule has 0 spiro atoms. The summed E-state index contributed by atoms with van der Waals surface area (Å²) >= 11 is 0. The van der Waals surface area contributed by atoms with E-state index in [1.54, 1.807) is 12.4 Å².